The fourth-order valence-corrected chi connectivity index (χ4v) is 1.32. The first-order chi connectivity index (χ1) is 7.52. The monoisotopic (exact) mass is 215 g/mol. The number of allylic oxidation sites excluding steroid dienone is 1. The fourth-order valence-electron chi connectivity index (χ4n) is 1.32. The van der Waals surface area contributed by atoms with E-state index < -0.39 is 0 Å². The summed E-state index contributed by atoms with van der Waals surface area (Å²) in [5.74, 6) is -0.0834. The van der Waals surface area contributed by atoms with Crippen LogP contribution in [0.2, 0.25) is 0 Å². The predicted octanol–water partition coefficient (Wildman–Crippen LogP) is 3.03. The van der Waals surface area contributed by atoms with E-state index in [1.54, 1.807) is 6.92 Å². The van der Waals surface area contributed by atoms with E-state index in [4.69, 9.17) is 0 Å². The van der Waals surface area contributed by atoms with Crippen molar-refractivity contribution in [1.82, 2.24) is 0 Å². The maximum atomic E-state index is 11.9. The number of aliphatic imine (C=N–C) groups is 1. The van der Waals surface area contributed by atoms with Crippen LogP contribution < -0.4 is 0 Å². The Labute approximate surface area is 96.7 Å². The third kappa shape index (κ3) is 3.16. The van der Waals surface area contributed by atoms with Gasteiger partial charge in [-0.15, -0.1) is 0 Å². The highest BCUT2D eigenvalue weighted by molar-refractivity contribution is 6.51. The standard InChI is InChI=1S/C14H17NO/c1-10(2)14(16)13(15-11(3)4)12-8-6-5-7-9-12/h5-9,11H,1H2,2-4H3. The maximum Gasteiger partial charge on any atom is 0.206 e. The van der Waals surface area contributed by atoms with Gasteiger partial charge in [-0.25, -0.2) is 0 Å². The van der Waals surface area contributed by atoms with Crippen molar-refractivity contribution in [2.75, 3.05) is 0 Å². The van der Waals surface area contributed by atoms with Gasteiger partial charge in [-0.1, -0.05) is 36.9 Å². The zero-order chi connectivity index (χ0) is 12.1. The highest BCUT2D eigenvalue weighted by Gasteiger charge is 2.14. The molecule has 0 N–H and O–H groups in total. The second-order valence-electron chi connectivity index (χ2n) is 4.05. The number of benzene rings is 1. The topological polar surface area (TPSA) is 29.4 Å². The molecular formula is C14H17NO. The molecule has 0 heterocycles. The van der Waals surface area contributed by atoms with Crippen molar-refractivity contribution in [2.45, 2.75) is 26.8 Å². The highest BCUT2D eigenvalue weighted by atomic mass is 16.1. The van der Waals surface area contributed by atoms with Gasteiger partial charge in [0.25, 0.3) is 0 Å². The molecule has 0 atom stereocenters. The highest BCUT2D eigenvalue weighted by Crippen LogP contribution is 2.07. The molecule has 0 aliphatic heterocycles. The van der Waals surface area contributed by atoms with Crippen molar-refractivity contribution in [3.05, 3.63) is 48.0 Å². The lowest BCUT2D eigenvalue weighted by Crippen LogP contribution is -2.18. The van der Waals surface area contributed by atoms with Crippen LogP contribution in [0.1, 0.15) is 26.3 Å². The minimum atomic E-state index is -0.0834. The summed E-state index contributed by atoms with van der Waals surface area (Å²) in [5, 5.41) is 0. The molecule has 0 amide bonds. The zero-order valence-electron chi connectivity index (χ0n) is 10.0. The van der Waals surface area contributed by atoms with Crippen LogP contribution in [0, 0.1) is 0 Å². The molecule has 0 unspecified atom stereocenters. The molecule has 16 heavy (non-hydrogen) atoms. The summed E-state index contributed by atoms with van der Waals surface area (Å²) in [5.41, 5.74) is 1.87. The van der Waals surface area contributed by atoms with Gasteiger partial charge in [0, 0.05) is 11.6 Å². The van der Waals surface area contributed by atoms with Crippen LogP contribution in [-0.4, -0.2) is 17.5 Å². The van der Waals surface area contributed by atoms with Crippen molar-refractivity contribution in [3.8, 4) is 0 Å². The predicted molar refractivity (Wildman–Crippen MR) is 67.9 cm³/mol. The van der Waals surface area contributed by atoms with Gasteiger partial charge < -0.3 is 0 Å². The van der Waals surface area contributed by atoms with Crippen molar-refractivity contribution in [2.24, 2.45) is 4.99 Å². The summed E-state index contributed by atoms with van der Waals surface area (Å²) in [7, 11) is 0. The number of carbonyl (C=O) groups is 1. The van der Waals surface area contributed by atoms with Crippen molar-refractivity contribution in [3.63, 3.8) is 0 Å². The lowest BCUT2D eigenvalue weighted by molar-refractivity contribution is -0.109. The minimum absolute atomic E-state index is 0.0834. The molecule has 0 bridgehead atoms. The van der Waals surface area contributed by atoms with Crippen LogP contribution in [0.4, 0.5) is 0 Å². The Bertz CT molecular complexity index is 416. The van der Waals surface area contributed by atoms with Crippen molar-refractivity contribution >= 4 is 11.5 Å². The molecule has 1 aromatic rings. The number of Topliss-reactive ketones (excluding diaryl/α,β-unsaturated/α-hetero) is 1. The van der Waals surface area contributed by atoms with Crippen LogP contribution in [-0.2, 0) is 4.79 Å². The van der Waals surface area contributed by atoms with Crippen LogP contribution in [0.3, 0.4) is 0 Å². The van der Waals surface area contributed by atoms with Gasteiger partial charge in [0.2, 0.25) is 5.78 Å². The van der Waals surface area contributed by atoms with E-state index in [9.17, 15) is 4.79 Å². The maximum absolute atomic E-state index is 11.9. The van der Waals surface area contributed by atoms with E-state index in [1.165, 1.54) is 0 Å². The van der Waals surface area contributed by atoms with Gasteiger partial charge in [0.05, 0.1) is 0 Å². The molecule has 0 aliphatic carbocycles. The summed E-state index contributed by atoms with van der Waals surface area (Å²) in [6.45, 7) is 9.29. The molecule has 84 valence electrons. The van der Waals surface area contributed by atoms with Crippen LogP contribution in [0.5, 0.6) is 0 Å². The zero-order valence-corrected chi connectivity index (χ0v) is 10.0. The quantitative estimate of drug-likeness (QED) is 0.560. The minimum Gasteiger partial charge on any atom is -0.287 e. The Hall–Kier alpha value is -1.70. The van der Waals surface area contributed by atoms with Gasteiger partial charge in [-0.3, -0.25) is 9.79 Å². The van der Waals surface area contributed by atoms with E-state index in [1.807, 2.05) is 44.2 Å². The molecule has 0 aromatic heterocycles. The first kappa shape index (κ1) is 12.4. The Balaban J connectivity index is 3.17. The molecular weight excluding hydrogens is 198 g/mol. The van der Waals surface area contributed by atoms with Crippen molar-refractivity contribution in [1.29, 1.82) is 0 Å². The Morgan fingerprint density at radius 1 is 1.25 bits per heavy atom. The number of hydrogen-bond donors (Lipinski definition) is 0. The largest absolute Gasteiger partial charge is 0.287 e. The number of carbonyl (C=O) groups excluding carboxylic acids is 1. The van der Waals surface area contributed by atoms with Crippen LogP contribution >= 0.6 is 0 Å². The van der Waals surface area contributed by atoms with E-state index >= 15 is 0 Å². The molecule has 0 fully saturated rings. The summed E-state index contributed by atoms with van der Waals surface area (Å²) in [4.78, 5) is 16.3. The Morgan fingerprint density at radius 3 is 2.25 bits per heavy atom. The first-order valence-corrected chi connectivity index (χ1v) is 5.35. The number of rotatable bonds is 4. The second-order valence-corrected chi connectivity index (χ2v) is 4.05. The van der Waals surface area contributed by atoms with Gasteiger partial charge in [-0.05, 0) is 26.3 Å². The number of hydrogen-bond acceptors (Lipinski definition) is 2. The SMILES string of the molecule is C=C(C)C(=O)C(=NC(C)C)c1ccccc1. The summed E-state index contributed by atoms with van der Waals surface area (Å²) in [6.07, 6.45) is 0. The van der Waals surface area contributed by atoms with Gasteiger partial charge in [-0.2, -0.15) is 0 Å². The smallest absolute Gasteiger partial charge is 0.206 e. The Kier molecular flexibility index (Phi) is 4.18. The molecule has 1 aromatic carbocycles. The lowest BCUT2D eigenvalue weighted by Gasteiger charge is -2.07. The van der Waals surface area contributed by atoms with E-state index in [2.05, 4.69) is 11.6 Å². The molecule has 0 spiro atoms. The van der Waals surface area contributed by atoms with E-state index in [0.29, 0.717) is 11.3 Å². The second kappa shape index (κ2) is 5.40. The van der Waals surface area contributed by atoms with Gasteiger partial charge >= 0.3 is 0 Å². The third-order valence-corrected chi connectivity index (χ3v) is 2.04. The Morgan fingerprint density at radius 2 is 1.81 bits per heavy atom. The van der Waals surface area contributed by atoms with E-state index in [0.717, 1.165) is 5.56 Å². The average molecular weight is 215 g/mol. The summed E-state index contributed by atoms with van der Waals surface area (Å²) < 4.78 is 0. The van der Waals surface area contributed by atoms with Crippen LogP contribution in [0.25, 0.3) is 0 Å². The molecule has 2 heteroatoms. The number of nitrogens with zero attached hydrogens (tertiary/aromatic N) is 1. The third-order valence-electron chi connectivity index (χ3n) is 2.04. The van der Waals surface area contributed by atoms with Gasteiger partial charge in [0.1, 0.15) is 5.71 Å². The molecule has 2 nitrogen and oxygen atoms in total. The average Bonchev–Trinajstić information content (AvgIpc) is 2.26. The summed E-state index contributed by atoms with van der Waals surface area (Å²) >= 11 is 0. The van der Waals surface area contributed by atoms with Gasteiger partial charge in [0.15, 0.2) is 0 Å². The number of ketones is 1. The lowest BCUT2D eigenvalue weighted by atomic mass is 10.0. The fraction of sp³-hybridized carbons (Fsp3) is 0.286. The molecule has 0 saturated heterocycles. The first-order valence-electron chi connectivity index (χ1n) is 5.35. The van der Waals surface area contributed by atoms with E-state index in [-0.39, 0.29) is 11.8 Å². The van der Waals surface area contributed by atoms with Crippen LogP contribution in [0.15, 0.2) is 47.5 Å². The summed E-state index contributed by atoms with van der Waals surface area (Å²) in [6, 6.07) is 9.60. The van der Waals surface area contributed by atoms with Crippen molar-refractivity contribution < 1.29 is 4.79 Å². The molecule has 0 saturated carbocycles. The molecule has 0 radical (unpaired) electrons. The molecule has 1 rings (SSSR count). The normalized spacial score (nSPS) is 11.6. The molecule has 0 aliphatic rings.